The van der Waals surface area contributed by atoms with Gasteiger partial charge in [-0.15, -0.1) is 0 Å². The number of β-lactam (4-membered cyclic amide) rings is 1. The fraction of sp³-hybridized carbons (Fsp3) is 0.438. The first kappa shape index (κ1) is 17.4. The van der Waals surface area contributed by atoms with Gasteiger partial charge in [-0.1, -0.05) is 30.3 Å². The molecule has 9 heteroatoms. The number of carbonyl (C=O) groups excluding carboxylic acids is 2. The van der Waals surface area contributed by atoms with Crippen molar-refractivity contribution in [1.29, 1.82) is 0 Å². The predicted molar refractivity (Wildman–Crippen MR) is 87.1 cm³/mol. The van der Waals surface area contributed by atoms with Gasteiger partial charge in [0, 0.05) is 0 Å². The summed E-state index contributed by atoms with van der Waals surface area (Å²) in [5, 5.41) is 10.4. The molecule has 2 heterocycles. The molecule has 0 radical (unpaired) electrons. The van der Waals surface area contributed by atoms with E-state index in [1.165, 1.54) is 13.8 Å². The maximum Gasteiger partial charge on any atom is 0.328 e. The Labute approximate surface area is 144 Å². The van der Waals surface area contributed by atoms with Crippen molar-refractivity contribution >= 4 is 27.6 Å². The van der Waals surface area contributed by atoms with Gasteiger partial charge in [-0.25, -0.2) is 13.2 Å². The van der Waals surface area contributed by atoms with E-state index in [1.807, 2.05) is 0 Å². The Bertz CT molecular complexity index is 849. The molecule has 8 nitrogen and oxygen atoms in total. The van der Waals surface area contributed by atoms with Gasteiger partial charge in [0.05, 0.1) is 6.42 Å². The molecule has 25 heavy (non-hydrogen) atoms. The highest BCUT2D eigenvalue weighted by Crippen LogP contribution is 2.45. The van der Waals surface area contributed by atoms with Crippen molar-refractivity contribution < 1.29 is 27.9 Å². The standard InChI is InChI=1S/C16H18N2O6S/c1-16(2)12(15(21)22)18-13(20)11(14(18)25(16,23)24)17-10(19)8-9-6-4-3-5-7-9/h3-7,11-12,14H,8H2,1-2H3,(H,17,19)(H,21,22)/t11-,12-,14-/m1/s1. The maximum atomic E-state index is 12.7. The van der Waals surface area contributed by atoms with Crippen molar-refractivity contribution in [3.63, 3.8) is 0 Å². The van der Waals surface area contributed by atoms with E-state index in [9.17, 15) is 27.9 Å². The zero-order valence-corrected chi connectivity index (χ0v) is 14.5. The van der Waals surface area contributed by atoms with Crippen LogP contribution in [0.2, 0.25) is 0 Å². The summed E-state index contributed by atoms with van der Waals surface area (Å²) in [6, 6.07) is 6.10. The topological polar surface area (TPSA) is 121 Å². The van der Waals surface area contributed by atoms with E-state index >= 15 is 0 Å². The zero-order chi connectivity index (χ0) is 18.6. The van der Waals surface area contributed by atoms with E-state index in [0.717, 1.165) is 10.5 Å². The molecule has 0 unspecified atom stereocenters. The predicted octanol–water partition coefficient (Wildman–Crippen LogP) is -0.458. The van der Waals surface area contributed by atoms with Crippen LogP contribution in [0.4, 0.5) is 0 Å². The summed E-state index contributed by atoms with van der Waals surface area (Å²) < 4.78 is 23.7. The molecule has 2 saturated heterocycles. The number of aliphatic carboxylic acids is 1. The fourth-order valence-electron chi connectivity index (χ4n) is 3.45. The molecule has 2 amide bonds. The second-order valence-corrected chi connectivity index (χ2v) is 9.36. The van der Waals surface area contributed by atoms with Gasteiger partial charge in [0.15, 0.2) is 15.2 Å². The smallest absolute Gasteiger partial charge is 0.328 e. The average molecular weight is 366 g/mol. The molecule has 1 aromatic carbocycles. The van der Waals surface area contributed by atoms with Crippen molar-refractivity contribution in [3.8, 4) is 0 Å². The van der Waals surface area contributed by atoms with Crippen molar-refractivity contribution in [3.05, 3.63) is 35.9 Å². The lowest BCUT2D eigenvalue weighted by molar-refractivity contribution is -0.161. The highest BCUT2D eigenvalue weighted by molar-refractivity contribution is 7.94. The number of fused-ring (bicyclic) bond motifs is 1. The van der Waals surface area contributed by atoms with Crippen LogP contribution in [-0.4, -0.2) is 58.4 Å². The molecule has 134 valence electrons. The SMILES string of the molecule is CC1(C)[C@@H](C(=O)O)N2C(=O)[C@@H](NC(=O)Cc3ccccc3)[C@H]2S1(=O)=O. The summed E-state index contributed by atoms with van der Waals surface area (Å²) in [5.74, 6) is -2.55. The third kappa shape index (κ3) is 2.41. The van der Waals surface area contributed by atoms with Gasteiger partial charge in [-0.3, -0.25) is 9.59 Å². The lowest BCUT2D eigenvalue weighted by Crippen LogP contribution is -2.72. The molecule has 3 rings (SSSR count). The number of hydrogen-bond acceptors (Lipinski definition) is 5. The number of benzene rings is 1. The van der Waals surface area contributed by atoms with Crippen molar-refractivity contribution in [2.45, 2.75) is 42.5 Å². The molecule has 0 aliphatic carbocycles. The van der Waals surface area contributed by atoms with Gasteiger partial charge in [0.2, 0.25) is 11.8 Å². The molecular weight excluding hydrogens is 348 g/mol. The fourth-order valence-corrected chi connectivity index (χ4v) is 5.66. The van der Waals surface area contributed by atoms with E-state index in [1.54, 1.807) is 30.3 Å². The van der Waals surface area contributed by atoms with Gasteiger partial charge < -0.3 is 15.3 Å². The Morgan fingerprint density at radius 3 is 2.40 bits per heavy atom. The van der Waals surface area contributed by atoms with Gasteiger partial charge >= 0.3 is 5.97 Å². The summed E-state index contributed by atoms with van der Waals surface area (Å²) in [5.41, 5.74) is 0.724. The van der Waals surface area contributed by atoms with Crippen LogP contribution >= 0.6 is 0 Å². The minimum Gasteiger partial charge on any atom is -0.480 e. The number of amides is 2. The first-order chi connectivity index (χ1) is 11.6. The van der Waals surface area contributed by atoms with E-state index in [0.29, 0.717) is 0 Å². The van der Waals surface area contributed by atoms with Crippen LogP contribution in [0.15, 0.2) is 30.3 Å². The van der Waals surface area contributed by atoms with Crippen LogP contribution in [0, 0.1) is 0 Å². The largest absolute Gasteiger partial charge is 0.480 e. The number of nitrogens with zero attached hydrogens (tertiary/aromatic N) is 1. The monoisotopic (exact) mass is 366 g/mol. The Hall–Kier alpha value is -2.42. The summed E-state index contributed by atoms with van der Waals surface area (Å²) in [7, 11) is -3.95. The van der Waals surface area contributed by atoms with Crippen molar-refractivity contribution in [2.24, 2.45) is 0 Å². The van der Waals surface area contributed by atoms with E-state index in [2.05, 4.69) is 5.32 Å². The first-order valence-electron chi connectivity index (χ1n) is 7.70. The molecule has 0 spiro atoms. The molecule has 2 N–H and O–H groups in total. The van der Waals surface area contributed by atoms with Crippen LogP contribution in [0.1, 0.15) is 19.4 Å². The van der Waals surface area contributed by atoms with Gasteiger partial charge in [-0.05, 0) is 19.4 Å². The molecule has 2 fully saturated rings. The van der Waals surface area contributed by atoms with Crippen molar-refractivity contribution in [2.75, 3.05) is 0 Å². The Kier molecular flexibility index (Phi) is 3.86. The molecule has 2 aliphatic heterocycles. The average Bonchev–Trinajstić information content (AvgIpc) is 2.67. The van der Waals surface area contributed by atoms with Gasteiger partial charge in [-0.2, -0.15) is 0 Å². The highest BCUT2D eigenvalue weighted by atomic mass is 32.2. The number of carboxylic acids is 1. The minimum atomic E-state index is -3.95. The van der Waals surface area contributed by atoms with Crippen LogP contribution in [0.25, 0.3) is 0 Å². The molecule has 1 aromatic rings. The van der Waals surface area contributed by atoms with Gasteiger partial charge in [0.25, 0.3) is 0 Å². The minimum absolute atomic E-state index is 0.00311. The molecule has 0 aromatic heterocycles. The summed E-state index contributed by atoms with van der Waals surface area (Å²) in [6.07, 6.45) is 0.00311. The molecule has 0 bridgehead atoms. The summed E-state index contributed by atoms with van der Waals surface area (Å²) in [6.45, 7) is 2.57. The lowest BCUT2D eigenvalue weighted by atomic mass is 9.96. The van der Waals surface area contributed by atoms with E-state index in [4.69, 9.17) is 0 Å². The highest BCUT2D eigenvalue weighted by Gasteiger charge is 2.72. The Morgan fingerprint density at radius 2 is 1.84 bits per heavy atom. The molecule has 2 aliphatic rings. The Morgan fingerprint density at radius 1 is 1.24 bits per heavy atom. The summed E-state index contributed by atoms with van der Waals surface area (Å²) in [4.78, 5) is 36.8. The van der Waals surface area contributed by atoms with E-state index < -0.39 is 49.8 Å². The number of carbonyl (C=O) groups is 3. The van der Waals surface area contributed by atoms with Crippen LogP contribution in [0.3, 0.4) is 0 Å². The maximum absolute atomic E-state index is 12.7. The number of nitrogens with one attached hydrogen (secondary N) is 1. The second-order valence-electron chi connectivity index (χ2n) is 6.73. The van der Waals surface area contributed by atoms with Crippen LogP contribution in [0.5, 0.6) is 0 Å². The quantitative estimate of drug-likeness (QED) is 0.696. The van der Waals surface area contributed by atoms with Crippen LogP contribution < -0.4 is 5.32 Å². The molecule has 0 saturated carbocycles. The number of sulfone groups is 1. The van der Waals surface area contributed by atoms with Crippen LogP contribution in [-0.2, 0) is 30.6 Å². The normalized spacial score (nSPS) is 28.8. The van der Waals surface area contributed by atoms with Crippen molar-refractivity contribution in [1.82, 2.24) is 10.2 Å². The second kappa shape index (κ2) is 5.55. The van der Waals surface area contributed by atoms with Gasteiger partial charge in [0.1, 0.15) is 16.8 Å². The first-order valence-corrected chi connectivity index (χ1v) is 9.25. The molecule has 3 atom stereocenters. The van der Waals surface area contributed by atoms with E-state index in [-0.39, 0.29) is 6.42 Å². The Balaban J connectivity index is 1.81. The number of rotatable bonds is 4. The lowest BCUT2D eigenvalue weighted by Gasteiger charge is -2.42. The number of hydrogen-bond donors (Lipinski definition) is 2. The summed E-state index contributed by atoms with van der Waals surface area (Å²) >= 11 is 0. The third-order valence-corrected chi connectivity index (χ3v) is 7.65. The zero-order valence-electron chi connectivity index (χ0n) is 13.7. The number of carboxylic acid groups (broad SMARTS) is 1. The molecular formula is C16H18N2O6S. The third-order valence-electron chi connectivity index (χ3n) is 4.83.